The summed E-state index contributed by atoms with van der Waals surface area (Å²) < 4.78 is 26.1. The minimum Gasteiger partial charge on any atom is -0.346 e. The van der Waals surface area contributed by atoms with Crippen LogP contribution in [-0.4, -0.2) is 54.9 Å². The van der Waals surface area contributed by atoms with E-state index in [9.17, 15) is 22.8 Å². The van der Waals surface area contributed by atoms with Gasteiger partial charge in [-0.05, 0) is 64.7 Å². The van der Waals surface area contributed by atoms with Crippen LogP contribution in [0.15, 0.2) is 12.7 Å². The minimum atomic E-state index is -3.75. The van der Waals surface area contributed by atoms with Gasteiger partial charge in [0.2, 0.25) is 21.8 Å². The molecule has 2 N–H and O–H groups in total. The third kappa shape index (κ3) is 5.13. The Kier molecular flexibility index (Phi) is 6.84. The summed E-state index contributed by atoms with van der Waals surface area (Å²) in [5, 5.41) is 2.79. The number of hydrogen-bond donors (Lipinski definition) is 2. The smallest absolute Gasteiger partial charge is 0.259 e. The van der Waals surface area contributed by atoms with Crippen molar-refractivity contribution >= 4 is 27.7 Å². The summed E-state index contributed by atoms with van der Waals surface area (Å²) in [7, 11) is -1.98. The molecule has 0 heterocycles. The molecule has 3 rings (SSSR count). The third-order valence-corrected chi connectivity index (χ3v) is 9.23. The van der Waals surface area contributed by atoms with Crippen LogP contribution in [0.3, 0.4) is 0 Å². The Morgan fingerprint density at radius 2 is 1.74 bits per heavy atom. The molecule has 0 spiro atoms. The second-order valence-corrected chi connectivity index (χ2v) is 11.8. The molecule has 0 saturated heterocycles. The SMILES string of the molecule is C=CCCCCN(C)C(=O)C1CCC[C@H]1C(=O)NC1(C(=O)NS(=O)(=O)C2(C)CC2)CC1. The lowest BCUT2D eigenvalue weighted by Gasteiger charge is -2.26. The average Bonchev–Trinajstić information content (AvgIpc) is 3.61. The molecule has 31 heavy (non-hydrogen) atoms. The summed E-state index contributed by atoms with van der Waals surface area (Å²) in [5.74, 6) is -1.88. The zero-order chi connectivity index (χ0) is 22.9. The van der Waals surface area contributed by atoms with Crippen LogP contribution in [-0.2, 0) is 24.4 Å². The highest BCUT2D eigenvalue weighted by atomic mass is 32.2. The number of nitrogens with one attached hydrogen (secondary N) is 2. The summed E-state index contributed by atoms with van der Waals surface area (Å²) in [6.07, 6.45) is 8.53. The molecule has 9 heteroatoms. The van der Waals surface area contributed by atoms with Gasteiger partial charge in [-0.2, -0.15) is 0 Å². The standard InChI is InChI=1S/C22H35N3O5S/c1-4-5-6-7-15-25(3)19(27)17-10-8-9-16(17)18(26)23-22(13-14-22)20(28)24-31(29,30)21(2)11-12-21/h4,16-17H,1,5-15H2,2-3H3,(H,23,26)(H,24,28)/t16-,17?/m1/s1. The first-order valence-electron chi connectivity index (χ1n) is 11.3. The van der Waals surface area contributed by atoms with Crippen LogP contribution < -0.4 is 10.0 Å². The number of carbonyl (C=O) groups is 3. The molecule has 3 aliphatic carbocycles. The number of rotatable bonds is 11. The molecular formula is C22H35N3O5S. The summed E-state index contributed by atoms with van der Waals surface area (Å²) in [4.78, 5) is 40.3. The van der Waals surface area contributed by atoms with Gasteiger partial charge >= 0.3 is 0 Å². The molecule has 8 nitrogen and oxygen atoms in total. The van der Waals surface area contributed by atoms with Crippen LogP contribution in [0.2, 0.25) is 0 Å². The lowest BCUT2D eigenvalue weighted by atomic mass is 9.93. The van der Waals surface area contributed by atoms with Crippen LogP contribution in [0.1, 0.15) is 71.1 Å². The Labute approximate surface area is 185 Å². The fraction of sp³-hybridized carbons (Fsp3) is 0.773. The largest absolute Gasteiger partial charge is 0.346 e. The highest BCUT2D eigenvalue weighted by Gasteiger charge is 2.57. The number of amides is 3. The summed E-state index contributed by atoms with van der Waals surface area (Å²) in [6.45, 7) is 5.95. The molecule has 2 atom stereocenters. The van der Waals surface area contributed by atoms with Crippen molar-refractivity contribution in [2.24, 2.45) is 11.8 Å². The Morgan fingerprint density at radius 1 is 1.10 bits per heavy atom. The molecule has 0 aromatic carbocycles. The van der Waals surface area contributed by atoms with E-state index in [0.29, 0.717) is 45.1 Å². The van der Waals surface area contributed by atoms with E-state index in [0.717, 1.165) is 25.7 Å². The van der Waals surface area contributed by atoms with E-state index >= 15 is 0 Å². The maximum atomic E-state index is 13.0. The van der Waals surface area contributed by atoms with E-state index in [2.05, 4.69) is 16.6 Å². The van der Waals surface area contributed by atoms with Crippen molar-refractivity contribution in [3.05, 3.63) is 12.7 Å². The van der Waals surface area contributed by atoms with Crippen LogP contribution >= 0.6 is 0 Å². The predicted octanol–water partition coefficient (Wildman–Crippen LogP) is 1.86. The van der Waals surface area contributed by atoms with Crippen molar-refractivity contribution in [3.63, 3.8) is 0 Å². The van der Waals surface area contributed by atoms with Gasteiger partial charge in [0.25, 0.3) is 5.91 Å². The number of sulfonamides is 1. The van der Waals surface area contributed by atoms with Gasteiger partial charge in [-0.1, -0.05) is 12.5 Å². The van der Waals surface area contributed by atoms with Gasteiger partial charge in [-0.15, -0.1) is 6.58 Å². The normalized spacial score (nSPS) is 25.4. The first kappa shape index (κ1) is 23.8. The van der Waals surface area contributed by atoms with Gasteiger partial charge < -0.3 is 10.2 Å². The summed E-state index contributed by atoms with van der Waals surface area (Å²) >= 11 is 0. The summed E-state index contributed by atoms with van der Waals surface area (Å²) in [6, 6.07) is 0. The maximum Gasteiger partial charge on any atom is 0.259 e. The number of carbonyl (C=O) groups excluding carboxylic acids is 3. The van der Waals surface area contributed by atoms with E-state index in [1.54, 1.807) is 18.9 Å². The van der Waals surface area contributed by atoms with Gasteiger partial charge in [-0.3, -0.25) is 19.1 Å². The van der Waals surface area contributed by atoms with Crippen LogP contribution in [0.5, 0.6) is 0 Å². The molecule has 3 aliphatic rings. The van der Waals surface area contributed by atoms with Crippen molar-refractivity contribution < 1.29 is 22.8 Å². The predicted molar refractivity (Wildman–Crippen MR) is 117 cm³/mol. The molecule has 3 saturated carbocycles. The van der Waals surface area contributed by atoms with E-state index in [-0.39, 0.29) is 11.8 Å². The lowest BCUT2D eigenvalue weighted by molar-refractivity contribution is -0.140. The second kappa shape index (κ2) is 8.92. The molecule has 0 aromatic heterocycles. The van der Waals surface area contributed by atoms with Gasteiger partial charge in [0, 0.05) is 25.4 Å². The highest BCUT2D eigenvalue weighted by molar-refractivity contribution is 7.91. The number of allylic oxidation sites excluding steroid dienone is 1. The first-order valence-corrected chi connectivity index (χ1v) is 12.8. The average molecular weight is 454 g/mol. The Hall–Kier alpha value is -1.90. The Morgan fingerprint density at radius 3 is 2.32 bits per heavy atom. The summed E-state index contributed by atoms with van der Waals surface area (Å²) in [5.41, 5.74) is -1.16. The first-order chi connectivity index (χ1) is 14.6. The number of nitrogens with zero attached hydrogens (tertiary/aromatic N) is 1. The second-order valence-electron chi connectivity index (χ2n) is 9.64. The monoisotopic (exact) mass is 453 g/mol. The van der Waals surface area contributed by atoms with Gasteiger partial charge in [0.05, 0.1) is 4.75 Å². The Bertz CT molecular complexity index is 845. The molecule has 0 aromatic rings. The Balaban J connectivity index is 1.57. The van der Waals surface area contributed by atoms with Crippen LogP contribution in [0, 0.1) is 11.8 Å². The molecule has 0 bridgehead atoms. The van der Waals surface area contributed by atoms with Crippen LogP contribution in [0.4, 0.5) is 0 Å². The van der Waals surface area contributed by atoms with Crippen molar-refractivity contribution in [2.75, 3.05) is 13.6 Å². The van der Waals surface area contributed by atoms with E-state index < -0.39 is 38.1 Å². The van der Waals surface area contributed by atoms with Crippen molar-refractivity contribution in [1.29, 1.82) is 0 Å². The zero-order valence-corrected chi connectivity index (χ0v) is 19.4. The molecule has 3 amide bonds. The molecule has 3 fully saturated rings. The maximum absolute atomic E-state index is 13.0. The van der Waals surface area contributed by atoms with E-state index in [4.69, 9.17) is 0 Å². The minimum absolute atomic E-state index is 0.0326. The van der Waals surface area contributed by atoms with Gasteiger partial charge in [0.15, 0.2) is 0 Å². The van der Waals surface area contributed by atoms with Gasteiger partial charge in [0.1, 0.15) is 5.54 Å². The third-order valence-electron chi connectivity index (χ3n) is 7.07. The molecule has 0 radical (unpaired) electrons. The molecular weight excluding hydrogens is 418 g/mol. The molecule has 0 aliphatic heterocycles. The molecule has 1 unspecified atom stereocenters. The van der Waals surface area contributed by atoms with Crippen molar-refractivity contribution in [3.8, 4) is 0 Å². The van der Waals surface area contributed by atoms with E-state index in [1.165, 1.54) is 0 Å². The fourth-order valence-electron chi connectivity index (χ4n) is 4.25. The zero-order valence-electron chi connectivity index (χ0n) is 18.6. The quantitative estimate of drug-likeness (QED) is 0.366. The lowest BCUT2D eigenvalue weighted by Crippen LogP contribution is -2.54. The highest BCUT2D eigenvalue weighted by Crippen LogP contribution is 2.44. The van der Waals surface area contributed by atoms with Crippen molar-refractivity contribution in [1.82, 2.24) is 14.9 Å². The van der Waals surface area contributed by atoms with Crippen molar-refractivity contribution in [2.45, 2.75) is 81.4 Å². The topological polar surface area (TPSA) is 113 Å². The number of unbranched alkanes of at least 4 members (excludes halogenated alkanes) is 2. The van der Waals surface area contributed by atoms with Crippen LogP contribution in [0.25, 0.3) is 0 Å². The molecule has 174 valence electrons. The fourth-order valence-corrected chi connectivity index (χ4v) is 5.58. The van der Waals surface area contributed by atoms with Gasteiger partial charge in [-0.25, -0.2) is 8.42 Å². The van der Waals surface area contributed by atoms with E-state index in [1.807, 2.05) is 6.08 Å². The number of hydrogen-bond acceptors (Lipinski definition) is 5.